The highest BCUT2D eigenvalue weighted by Gasteiger charge is 2.49. The van der Waals surface area contributed by atoms with Crippen molar-refractivity contribution in [2.75, 3.05) is 39.3 Å². The lowest BCUT2D eigenvalue weighted by Crippen LogP contribution is -2.61. The van der Waals surface area contributed by atoms with Crippen LogP contribution in [0.3, 0.4) is 0 Å². The molecule has 0 spiro atoms. The third kappa shape index (κ3) is 3.93. The van der Waals surface area contributed by atoms with Crippen molar-refractivity contribution in [3.63, 3.8) is 0 Å². The van der Waals surface area contributed by atoms with Gasteiger partial charge in [-0.15, -0.1) is 0 Å². The summed E-state index contributed by atoms with van der Waals surface area (Å²) in [6.45, 7) is 5.14. The lowest BCUT2D eigenvalue weighted by Gasteiger charge is -2.52. The standard InChI is InChI=1S/C25H31N9O/c26-6-5-25(34-17-19(16-30-34)22-21-4-7-27-23(21)29-18-28-22)14-20(15-25)31-10-12-33(13-11-31)24(35)32-8-2-1-3-9-32/h4,7,16-18,20H,1-3,5,8-15H2,(H,27,28,29)/t20-,25+. The zero-order chi connectivity index (χ0) is 23.8. The fourth-order valence-corrected chi connectivity index (χ4v) is 6.01. The highest BCUT2D eigenvalue weighted by Crippen LogP contribution is 2.45. The maximum Gasteiger partial charge on any atom is 0.320 e. The van der Waals surface area contributed by atoms with Gasteiger partial charge in [-0.05, 0) is 38.2 Å². The van der Waals surface area contributed by atoms with Gasteiger partial charge in [0.15, 0.2) is 0 Å². The first kappa shape index (κ1) is 22.0. The Kier molecular flexibility index (Phi) is 5.65. The molecule has 6 rings (SSSR count). The number of nitrogens with one attached hydrogen (secondary N) is 1. The molecule has 0 radical (unpaired) electrons. The molecule has 0 bridgehead atoms. The Morgan fingerprint density at radius 2 is 1.86 bits per heavy atom. The topological polar surface area (TPSA) is 110 Å². The van der Waals surface area contributed by atoms with Crippen LogP contribution in [0.25, 0.3) is 22.3 Å². The largest absolute Gasteiger partial charge is 0.346 e. The first-order valence-electron chi connectivity index (χ1n) is 12.7. The van der Waals surface area contributed by atoms with Crippen LogP contribution in [0, 0.1) is 11.3 Å². The van der Waals surface area contributed by atoms with Gasteiger partial charge in [0.1, 0.15) is 12.0 Å². The average Bonchev–Trinajstić information content (AvgIpc) is 3.56. The lowest BCUT2D eigenvalue weighted by atomic mass is 9.70. The molecule has 2 amide bonds. The first-order valence-corrected chi connectivity index (χ1v) is 12.7. The maximum atomic E-state index is 12.8. The second-order valence-corrected chi connectivity index (χ2v) is 10.1. The second kappa shape index (κ2) is 8.96. The van der Waals surface area contributed by atoms with Crippen LogP contribution in [-0.2, 0) is 5.54 Å². The molecule has 3 fully saturated rings. The number of piperidine rings is 1. The molecule has 3 aromatic heterocycles. The minimum Gasteiger partial charge on any atom is -0.346 e. The van der Waals surface area contributed by atoms with E-state index in [2.05, 4.69) is 31.0 Å². The van der Waals surface area contributed by atoms with Crippen molar-refractivity contribution in [1.29, 1.82) is 5.26 Å². The number of fused-ring (bicyclic) bond motifs is 1. The number of carbonyl (C=O) groups is 1. The molecule has 1 saturated carbocycles. The van der Waals surface area contributed by atoms with Gasteiger partial charge in [-0.1, -0.05) is 0 Å². The Balaban J connectivity index is 1.11. The van der Waals surface area contributed by atoms with Crippen LogP contribution in [0.2, 0.25) is 0 Å². The highest BCUT2D eigenvalue weighted by molar-refractivity contribution is 5.90. The zero-order valence-corrected chi connectivity index (χ0v) is 19.9. The summed E-state index contributed by atoms with van der Waals surface area (Å²) in [5.41, 5.74) is 2.29. The van der Waals surface area contributed by atoms with Crippen molar-refractivity contribution in [3.05, 3.63) is 31.0 Å². The lowest BCUT2D eigenvalue weighted by molar-refractivity contribution is -0.0150. The van der Waals surface area contributed by atoms with E-state index in [0.717, 1.165) is 87.2 Å². The molecule has 10 nitrogen and oxygen atoms in total. The van der Waals surface area contributed by atoms with Gasteiger partial charge in [-0.25, -0.2) is 14.8 Å². The van der Waals surface area contributed by atoms with E-state index in [1.54, 1.807) is 6.33 Å². The zero-order valence-electron chi connectivity index (χ0n) is 19.9. The molecule has 5 heterocycles. The van der Waals surface area contributed by atoms with Gasteiger partial charge in [0.2, 0.25) is 0 Å². The van der Waals surface area contributed by atoms with Gasteiger partial charge in [-0.3, -0.25) is 9.58 Å². The van der Waals surface area contributed by atoms with Crippen molar-refractivity contribution in [2.24, 2.45) is 0 Å². The molecule has 1 aliphatic carbocycles. The third-order valence-electron chi connectivity index (χ3n) is 8.06. The molecule has 2 aliphatic heterocycles. The van der Waals surface area contributed by atoms with E-state index in [-0.39, 0.29) is 11.6 Å². The summed E-state index contributed by atoms with van der Waals surface area (Å²) in [5, 5.41) is 15.2. The molecule has 0 aromatic carbocycles. The Labute approximate surface area is 204 Å². The van der Waals surface area contributed by atoms with Crippen molar-refractivity contribution in [1.82, 2.24) is 39.4 Å². The summed E-state index contributed by atoms with van der Waals surface area (Å²) >= 11 is 0. The summed E-state index contributed by atoms with van der Waals surface area (Å²) in [6, 6.07) is 5.00. The fourth-order valence-electron chi connectivity index (χ4n) is 6.01. The predicted molar refractivity (Wildman–Crippen MR) is 130 cm³/mol. The van der Waals surface area contributed by atoms with Gasteiger partial charge < -0.3 is 14.8 Å². The Morgan fingerprint density at radius 1 is 1.09 bits per heavy atom. The van der Waals surface area contributed by atoms with Crippen LogP contribution < -0.4 is 0 Å². The minimum absolute atomic E-state index is 0.210. The van der Waals surface area contributed by atoms with Gasteiger partial charge in [0.05, 0.1) is 29.9 Å². The van der Waals surface area contributed by atoms with Crippen LogP contribution >= 0.6 is 0 Å². The monoisotopic (exact) mass is 473 g/mol. The molecule has 35 heavy (non-hydrogen) atoms. The SMILES string of the molecule is N#CC[C@]1(n2cc(-c3ncnc4[nH]ccc34)cn2)C[C@@H](N2CCN(C(=O)N3CCCCC3)CC2)C1. The van der Waals surface area contributed by atoms with E-state index in [4.69, 9.17) is 0 Å². The fraction of sp³-hybridized carbons (Fsp3) is 0.560. The molecule has 2 saturated heterocycles. The molecule has 3 aromatic rings. The number of likely N-dealkylation sites (tertiary alicyclic amines) is 1. The molecule has 0 unspecified atom stereocenters. The van der Waals surface area contributed by atoms with Crippen LogP contribution in [0.15, 0.2) is 31.0 Å². The van der Waals surface area contributed by atoms with Gasteiger partial charge in [-0.2, -0.15) is 10.4 Å². The molecule has 1 N–H and O–H groups in total. The normalized spacial score (nSPS) is 25.4. The first-order chi connectivity index (χ1) is 17.2. The summed E-state index contributed by atoms with van der Waals surface area (Å²) in [6.07, 6.45) is 13.0. The number of piperazine rings is 1. The van der Waals surface area contributed by atoms with Crippen LogP contribution in [0.1, 0.15) is 38.5 Å². The number of aromatic amines is 1. The Morgan fingerprint density at radius 3 is 2.63 bits per heavy atom. The van der Waals surface area contributed by atoms with E-state index >= 15 is 0 Å². The van der Waals surface area contributed by atoms with Crippen molar-refractivity contribution < 1.29 is 4.79 Å². The van der Waals surface area contributed by atoms with Gasteiger partial charge in [0, 0.05) is 68.7 Å². The minimum atomic E-state index is -0.289. The highest BCUT2D eigenvalue weighted by atomic mass is 16.2. The molecular formula is C25H31N9O. The van der Waals surface area contributed by atoms with Crippen LogP contribution in [-0.4, -0.2) is 90.8 Å². The predicted octanol–water partition coefficient (Wildman–Crippen LogP) is 2.82. The quantitative estimate of drug-likeness (QED) is 0.624. The molecular weight excluding hydrogens is 442 g/mol. The van der Waals surface area contributed by atoms with Crippen molar-refractivity contribution in [3.8, 4) is 17.3 Å². The number of carbonyl (C=O) groups excluding carboxylic acids is 1. The molecule has 3 aliphatic rings. The molecule has 10 heteroatoms. The van der Waals surface area contributed by atoms with E-state index in [1.165, 1.54) is 6.42 Å². The van der Waals surface area contributed by atoms with E-state index in [0.29, 0.717) is 12.5 Å². The summed E-state index contributed by atoms with van der Waals surface area (Å²) in [7, 11) is 0. The molecule has 182 valence electrons. The number of H-pyrrole nitrogens is 1. The summed E-state index contributed by atoms with van der Waals surface area (Å²) in [5.74, 6) is 0. The number of nitriles is 1. The number of amides is 2. The number of hydrogen-bond donors (Lipinski definition) is 1. The number of nitrogens with zero attached hydrogens (tertiary/aromatic N) is 8. The van der Waals surface area contributed by atoms with E-state index in [9.17, 15) is 10.1 Å². The van der Waals surface area contributed by atoms with E-state index < -0.39 is 0 Å². The maximum absolute atomic E-state index is 12.8. The third-order valence-corrected chi connectivity index (χ3v) is 8.06. The van der Waals surface area contributed by atoms with Gasteiger partial charge in [0.25, 0.3) is 0 Å². The van der Waals surface area contributed by atoms with Crippen LogP contribution in [0.4, 0.5) is 4.79 Å². The summed E-state index contributed by atoms with van der Waals surface area (Å²) in [4.78, 5) is 31.3. The number of aromatic nitrogens is 5. The van der Waals surface area contributed by atoms with Crippen molar-refractivity contribution >= 4 is 17.1 Å². The van der Waals surface area contributed by atoms with Gasteiger partial charge >= 0.3 is 6.03 Å². The Hall–Kier alpha value is -3.45. The second-order valence-electron chi connectivity index (χ2n) is 10.1. The summed E-state index contributed by atoms with van der Waals surface area (Å²) < 4.78 is 1.98. The molecule has 0 atom stereocenters. The number of rotatable bonds is 4. The van der Waals surface area contributed by atoms with E-state index in [1.807, 2.05) is 39.1 Å². The van der Waals surface area contributed by atoms with Crippen molar-refractivity contribution in [2.45, 2.75) is 50.1 Å². The van der Waals surface area contributed by atoms with Crippen LogP contribution in [0.5, 0.6) is 0 Å². The number of urea groups is 1. The average molecular weight is 474 g/mol. The Bertz CT molecular complexity index is 1240. The smallest absolute Gasteiger partial charge is 0.320 e. The number of hydrogen-bond acceptors (Lipinski definition) is 6.